The lowest BCUT2D eigenvalue weighted by Crippen LogP contribution is -2.28. The molecule has 18 heavy (non-hydrogen) atoms. The normalized spacial score (nSPS) is 14.6. The quantitative estimate of drug-likeness (QED) is 0.819. The van der Waals surface area contributed by atoms with E-state index < -0.39 is 0 Å². The summed E-state index contributed by atoms with van der Waals surface area (Å²) in [6, 6.07) is 0.498. The Kier molecular flexibility index (Phi) is 6.09. The highest BCUT2D eigenvalue weighted by Gasteiger charge is 2.19. The van der Waals surface area contributed by atoms with Gasteiger partial charge in [0.05, 0.1) is 17.2 Å². The van der Waals surface area contributed by atoms with E-state index in [-0.39, 0.29) is 6.61 Å². The minimum Gasteiger partial charge on any atom is -0.391 e. The molecule has 0 bridgehead atoms. The second-order valence-electron chi connectivity index (χ2n) is 5.02. The van der Waals surface area contributed by atoms with Crippen LogP contribution in [0.1, 0.15) is 63.4 Å². The first-order valence-electron chi connectivity index (χ1n) is 6.88. The molecule has 3 nitrogen and oxygen atoms in total. The molecule has 0 aromatic carbocycles. The van der Waals surface area contributed by atoms with Gasteiger partial charge < -0.3 is 10.0 Å². The zero-order valence-electron chi connectivity index (χ0n) is 12.2. The minimum atomic E-state index is 0.105. The van der Waals surface area contributed by atoms with Gasteiger partial charge in [0, 0.05) is 13.1 Å². The molecule has 0 aliphatic carbocycles. The summed E-state index contributed by atoms with van der Waals surface area (Å²) in [7, 11) is 2.10. The van der Waals surface area contributed by atoms with Crippen LogP contribution >= 0.6 is 11.3 Å². The molecule has 4 heteroatoms. The van der Waals surface area contributed by atoms with Crippen LogP contribution in [0, 0.1) is 0 Å². The third kappa shape index (κ3) is 3.45. The van der Waals surface area contributed by atoms with Gasteiger partial charge in [-0.3, -0.25) is 0 Å². The molecule has 2 atom stereocenters. The molecule has 1 aromatic heterocycles. The van der Waals surface area contributed by atoms with Gasteiger partial charge in [0.1, 0.15) is 0 Å². The number of aliphatic hydroxyl groups is 1. The van der Waals surface area contributed by atoms with Crippen LogP contribution in [0.4, 0.5) is 5.13 Å². The van der Waals surface area contributed by atoms with Crippen LogP contribution in [0.5, 0.6) is 0 Å². The van der Waals surface area contributed by atoms with Gasteiger partial charge in [-0.25, -0.2) is 4.98 Å². The molecule has 1 heterocycles. The molecule has 104 valence electrons. The fourth-order valence-electron chi connectivity index (χ4n) is 1.99. The van der Waals surface area contributed by atoms with E-state index >= 15 is 0 Å². The predicted octanol–water partition coefficient (Wildman–Crippen LogP) is 3.77. The van der Waals surface area contributed by atoms with Crippen LogP contribution < -0.4 is 4.90 Å². The van der Waals surface area contributed by atoms with Crippen LogP contribution in [0.25, 0.3) is 0 Å². The standard InChI is InChI=1S/C14H26N2OS/c1-6-8-11(4)16(5)14-15-13(10(3)7-2)12(9-17)18-14/h10-11,17H,6-9H2,1-5H3. The maximum Gasteiger partial charge on any atom is 0.185 e. The Bertz CT molecular complexity index is 365. The summed E-state index contributed by atoms with van der Waals surface area (Å²) in [5, 5.41) is 10.5. The third-order valence-electron chi connectivity index (χ3n) is 3.61. The van der Waals surface area contributed by atoms with E-state index in [1.807, 2.05) is 0 Å². The first-order valence-corrected chi connectivity index (χ1v) is 7.69. The van der Waals surface area contributed by atoms with Gasteiger partial charge in [0.15, 0.2) is 5.13 Å². The highest BCUT2D eigenvalue weighted by molar-refractivity contribution is 7.15. The second kappa shape index (κ2) is 7.10. The predicted molar refractivity (Wildman–Crippen MR) is 79.5 cm³/mol. The van der Waals surface area contributed by atoms with Crippen LogP contribution in [-0.4, -0.2) is 23.2 Å². The van der Waals surface area contributed by atoms with Crippen molar-refractivity contribution in [2.24, 2.45) is 0 Å². The minimum absolute atomic E-state index is 0.105. The van der Waals surface area contributed by atoms with Crippen molar-refractivity contribution < 1.29 is 5.11 Å². The van der Waals surface area contributed by atoms with E-state index in [1.165, 1.54) is 12.8 Å². The number of thiazole rings is 1. The van der Waals surface area contributed by atoms with E-state index in [0.717, 1.165) is 22.1 Å². The molecule has 0 saturated heterocycles. The lowest BCUT2D eigenvalue weighted by Gasteiger charge is -2.23. The molecule has 0 spiro atoms. The molecule has 1 rings (SSSR count). The number of nitrogens with zero attached hydrogens (tertiary/aromatic N) is 2. The highest BCUT2D eigenvalue weighted by Crippen LogP contribution is 2.32. The van der Waals surface area contributed by atoms with Crippen molar-refractivity contribution >= 4 is 16.5 Å². The number of hydrogen-bond acceptors (Lipinski definition) is 4. The fourth-order valence-corrected chi connectivity index (χ4v) is 3.10. The van der Waals surface area contributed by atoms with Crippen LogP contribution in [-0.2, 0) is 6.61 Å². The molecule has 1 N–H and O–H groups in total. The van der Waals surface area contributed by atoms with Crippen molar-refractivity contribution in [3.8, 4) is 0 Å². The van der Waals surface area contributed by atoms with Gasteiger partial charge in [0.25, 0.3) is 0 Å². The van der Waals surface area contributed by atoms with Gasteiger partial charge in [0.2, 0.25) is 0 Å². The number of aliphatic hydroxyl groups excluding tert-OH is 1. The lowest BCUT2D eigenvalue weighted by atomic mass is 10.0. The van der Waals surface area contributed by atoms with Crippen molar-refractivity contribution in [2.45, 2.75) is 65.5 Å². The monoisotopic (exact) mass is 270 g/mol. The number of aromatic nitrogens is 1. The molecule has 0 saturated carbocycles. The summed E-state index contributed by atoms with van der Waals surface area (Å²) in [5.74, 6) is 0.423. The van der Waals surface area contributed by atoms with Gasteiger partial charge in [-0.1, -0.05) is 38.5 Å². The molecule has 0 fully saturated rings. The van der Waals surface area contributed by atoms with Crippen LogP contribution in [0.15, 0.2) is 0 Å². The van der Waals surface area contributed by atoms with Gasteiger partial charge >= 0.3 is 0 Å². The van der Waals surface area contributed by atoms with E-state index in [4.69, 9.17) is 4.98 Å². The summed E-state index contributed by atoms with van der Waals surface area (Å²) in [6.45, 7) is 8.87. The smallest absolute Gasteiger partial charge is 0.185 e. The van der Waals surface area contributed by atoms with Crippen molar-refractivity contribution in [1.29, 1.82) is 0 Å². The Balaban J connectivity index is 2.93. The van der Waals surface area contributed by atoms with Gasteiger partial charge in [-0.05, 0) is 25.7 Å². The van der Waals surface area contributed by atoms with Gasteiger partial charge in [-0.2, -0.15) is 0 Å². The first-order chi connectivity index (χ1) is 8.54. The highest BCUT2D eigenvalue weighted by atomic mass is 32.1. The maximum atomic E-state index is 9.45. The van der Waals surface area contributed by atoms with E-state index in [9.17, 15) is 5.11 Å². The molecule has 0 aliphatic rings. The molecule has 0 radical (unpaired) electrons. The van der Waals surface area contributed by atoms with E-state index in [2.05, 4.69) is 39.6 Å². The first kappa shape index (κ1) is 15.4. The average Bonchev–Trinajstić information content (AvgIpc) is 2.81. The Morgan fingerprint density at radius 3 is 2.50 bits per heavy atom. The topological polar surface area (TPSA) is 36.4 Å². The Morgan fingerprint density at radius 2 is 2.00 bits per heavy atom. The summed E-state index contributed by atoms with van der Waals surface area (Å²) in [6.07, 6.45) is 3.41. The molecule has 0 aliphatic heterocycles. The van der Waals surface area contributed by atoms with Crippen LogP contribution in [0.3, 0.4) is 0 Å². The van der Waals surface area contributed by atoms with E-state index in [1.54, 1.807) is 11.3 Å². The van der Waals surface area contributed by atoms with E-state index in [0.29, 0.717) is 12.0 Å². The molecule has 1 aromatic rings. The number of rotatable bonds is 7. The SMILES string of the molecule is CCCC(C)N(C)c1nc(C(C)CC)c(CO)s1. The zero-order valence-corrected chi connectivity index (χ0v) is 13.0. The zero-order chi connectivity index (χ0) is 13.7. The molecular formula is C14H26N2OS. The van der Waals surface area contributed by atoms with Crippen molar-refractivity contribution in [3.63, 3.8) is 0 Å². The maximum absolute atomic E-state index is 9.45. The Hall–Kier alpha value is -0.610. The average molecular weight is 270 g/mol. The van der Waals surface area contributed by atoms with Crippen LogP contribution in [0.2, 0.25) is 0 Å². The summed E-state index contributed by atoms with van der Waals surface area (Å²) < 4.78 is 0. The van der Waals surface area contributed by atoms with Gasteiger partial charge in [-0.15, -0.1) is 0 Å². The summed E-state index contributed by atoms with van der Waals surface area (Å²) in [4.78, 5) is 8.00. The fraction of sp³-hybridized carbons (Fsp3) is 0.786. The molecule has 2 unspecified atom stereocenters. The second-order valence-corrected chi connectivity index (χ2v) is 6.08. The summed E-state index contributed by atoms with van der Waals surface area (Å²) in [5.41, 5.74) is 1.08. The Labute approximate surface area is 115 Å². The van der Waals surface area contributed by atoms with Crippen molar-refractivity contribution in [1.82, 2.24) is 4.98 Å². The molecular weight excluding hydrogens is 244 g/mol. The molecule has 0 amide bonds. The number of anilines is 1. The third-order valence-corrected chi connectivity index (χ3v) is 4.75. The summed E-state index contributed by atoms with van der Waals surface area (Å²) >= 11 is 1.63. The van der Waals surface area contributed by atoms with Crippen molar-refractivity contribution in [3.05, 3.63) is 10.6 Å². The lowest BCUT2D eigenvalue weighted by molar-refractivity contribution is 0.283. The number of hydrogen-bond donors (Lipinski definition) is 1. The Morgan fingerprint density at radius 1 is 1.33 bits per heavy atom. The van der Waals surface area contributed by atoms with Crippen molar-refractivity contribution in [2.75, 3.05) is 11.9 Å². The largest absolute Gasteiger partial charge is 0.391 e.